The number of aromatic nitrogens is 1. The van der Waals surface area contributed by atoms with Gasteiger partial charge in [0.05, 0.1) is 21.8 Å². The lowest BCUT2D eigenvalue weighted by molar-refractivity contribution is -0.119. The second kappa shape index (κ2) is 9.39. The molecular weight excluding hydrogens is 447 g/mol. The molecule has 4 rings (SSSR count). The van der Waals surface area contributed by atoms with E-state index in [1.54, 1.807) is 48.5 Å². The molecule has 0 saturated carbocycles. The minimum absolute atomic E-state index is 0.292. The zero-order chi connectivity index (χ0) is 22.7. The number of amides is 1. The lowest BCUT2D eigenvalue weighted by Crippen LogP contribution is -2.21. The van der Waals surface area contributed by atoms with Crippen LogP contribution in [0.3, 0.4) is 0 Å². The predicted octanol–water partition coefficient (Wildman–Crippen LogP) is 6.31. The van der Waals surface area contributed by atoms with Gasteiger partial charge in [-0.1, -0.05) is 59.6 Å². The van der Waals surface area contributed by atoms with Crippen molar-refractivity contribution in [3.63, 3.8) is 0 Å². The van der Waals surface area contributed by atoms with Gasteiger partial charge >= 0.3 is 5.97 Å². The molecule has 0 bridgehead atoms. The Balaban J connectivity index is 1.60. The van der Waals surface area contributed by atoms with Crippen LogP contribution in [0.25, 0.3) is 22.2 Å². The van der Waals surface area contributed by atoms with E-state index < -0.39 is 18.5 Å². The fourth-order valence-electron chi connectivity index (χ4n) is 3.29. The van der Waals surface area contributed by atoms with Gasteiger partial charge < -0.3 is 10.1 Å². The maximum atomic E-state index is 12.9. The van der Waals surface area contributed by atoms with E-state index >= 15 is 0 Å². The number of carbonyl (C=O) groups is 2. The van der Waals surface area contributed by atoms with Crippen LogP contribution in [0.2, 0.25) is 10.0 Å². The number of hydrogen-bond acceptors (Lipinski definition) is 4. The Morgan fingerprint density at radius 2 is 1.72 bits per heavy atom. The zero-order valence-corrected chi connectivity index (χ0v) is 18.6. The molecule has 0 atom stereocenters. The third kappa shape index (κ3) is 4.74. The number of fused-ring (bicyclic) bond motifs is 1. The van der Waals surface area contributed by atoms with Gasteiger partial charge in [0.15, 0.2) is 6.61 Å². The van der Waals surface area contributed by atoms with Crippen molar-refractivity contribution >= 4 is 51.7 Å². The van der Waals surface area contributed by atoms with Crippen molar-refractivity contribution in [2.24, 2.45) is 0 Å². The Morgan fingerprint density at radius 1 is 0.969 bits per heavy atom. The average molecular weight is 465 g/mol. The molecule has 0 spiro atoms. The van der Waals surface area contributed by atoms with Gasteiger partial charge in [0, 0.05) is 21.7 Å². The van der Waals surface area contributed by atoms with Gasteiger partial charge in [-0.05, 0) is 48.9 Å². The van der Waals surface area contributed by atoms with Crippen molar-refractivity contribution in [1.82, 2.24) is 4.98 Å². The fourth-order valence-corrected chi connectivity index (χ4v) is 3.79. The Bertz CT molecular complexity index is 1340. The van der Waals surface area contributed by atoms with Crippen molar-refractivity contribution in [3.05, 3.63) is 94.0 Å². The number of esters is 1. The summed E-state index contributed by atoms with van der Waals surface area (Å²) in [5.74, 6) is -1.05. The van der Waals surface area contributed by atoms with E-state index in [0.29, 0.717) is 43.5 Å². The Kier molecular flexibility index (Phi) is 6.40. The maximum Gasteiger partial charge on any atom is 0.339 e. The third-order valence-corrected chi connectivity index (χ3v) is 5.44. The van der Waals surface area contributed by atoms with Gasteiger partial charge in [-0.3, -0.25) is 4.79 Å². The summed E-state index contributed by atoms with van der Waals surface area (Å²) in [6.07, 6.45) is 0. The lowest BCUT2D eigenvalue weighted by Gasteiger charge is -2.12. The molecule has 0 aliphatic rings. The molecule has 4 aromatic rings. The first-order chi connectivity index (χ1) is 15.4. The molecule has 5 nitrogen and oxygen atoms in total. The first-order valence-electron chi connectivity index (χ1n) is 9.80. The Labute approximate surface area is 194 Å². The maximum absolute atomic E-state index is 12.9. The van der Waals surface area contributed by atoms with Crippen LogP contribution in [-0.2, 0) is 9.53 Å². The van der Waals surface area contributed by atoms with Crippen LogP contribution in [0.15, 0.2) is 72.8 Å². The molecule has 160 valence electrons. The highest BCUT2D eigenvalue weighted by atomic mass is 35.5. The van der Waals surface area contributed by atoms with E-state index in [9.17, 15) is 9.59 Å². The second-order valence-corrected chi connectivity index (χ2v) is 7.98. The normalized spacial score (nSPS) is 10.7. The van der Waals surface area contributed by atoms with Gasteiger partial charge in [0.2, 0.25) is 0 Å². The van der Waals surface area contributed by atoms with E-state index in [2.05, 4.69) is 10.3 Å². The number of carbonyl (C=O) groups excluding carboxylic acids is 2. The number of hydrogen-bond donors (Lipinski definition) is 1. The van der Waals surface area contributed by atoms with E-state index in [0.717, 1.165) is 5.56 Å². The molecule has 0 aliphatic carbocycles. The third-order valence-electron chi connectivity index (χ3n) is 4.90. The van der Waals surface area contributed by atoms with E-state index in [4.69, 9.17) is 27.9 Å². The van der Waals surface area contributed by atoms with Crippen LogP contribution in [0, 0.1) is 6.92 Å². The summed E-state index contributed by atoms with van der Waals surface area (Å²) in [5.41, 5.74) is 3.61. The number of para-hydroxylation sites is 2. The number of anilines is 1. The molecule has 1 N–H and O–H groups in total. The molecule has 32 heavy (non-hydrogen) atoms. The molecule has 0 unspecified atom stereocenters. The molecule has 1 heterocycles. The predicted molar refractivity (Wildman–Crippen MR) is 127 cm³/mol. The summed E-state index contributed by atoms with van der Waals surface area (Å²) in [7, 11) is 0. The van der Waals surface area contributed by atoms with Crippen LogP contribution in [0.5, 0.6) is 0 Å². The highest BCUT2D eigenvalue weighted by Gasteiger charge is 2.18. The molecule has 3 aromatic carbocycles. The van der Waals surface area contributed by atoms with Crippen molar-refractivity contribution < 1.29 is 14.3 Å². The number of halogens is 2. The number of rotatable bonds is 5. The Hall–Kier alpha value is -3.41. The highest BCUT2D eigenvalue weighted by molar-refractivity contribution is 6.36. The minimum atomic E-state index is -0.630. The summed E-state index contributed by atoms with van der Waals surface area (Å²) < 4.78 is 5.32. The lowest BCUT2D eigenvalue weighted by atomic mass is 10.0. The topological polar surface area (TPSA) is 68.3 Å². The summed E-state index contributed by atoms with van der Waals surface area (Å²) in [6.45, 7) is 1.47. The summed E-state index contributed by atoms with van der Waals surface area (Å²) in [5, 5.41) is 4.28. The van der Waals surface area contributed by atoms with Gasteiger partial charge in [-0.2, -0.15) is 0 Å². The largest absolute Gasteiger partial charge is 0.452 e. The van der Waals surface area contributed by atoms with Gasteiger partial charge in [0.25, 0.3) is 5.91 Å². The van der Waals surface area contributed by atoms with E-state index in [-0.39, 0.29) is 0 Å². The van der Waals surface area contributed by atoms with Crippen molar-refractivity contribution in [1.29, 1.82) is 0 Å². The Morgan fingerprint density at radius 3 is 2.50 bits per heavy atom. The highest BCUT2D eigenvalue weighted by Crippen LogP contribution is 2.32. The smallest absolute Gasteiger partial charge is 0.339 e. The standard InChI is InChI=1S/C25H18Cl2N2O3/c1-15-6-2-4-8-21(15)29-24(30)14-32-25(31)19-13-23(18-11-10-16(26)12-20(18)27)28-22-9-5-3-7-17(19)22/h2-13H,14H2,1H3,(H,29,30). The second-order valence-electron chi connectivity index (χ2n) is 7.14. The van der Waals surface area contributed by atoms with E-state index in [1.807, 2.05) is 31.2 Å². The quantitative estimate of drug-likeness (QED) is 0.351. The zero-order valence-electron chi connectivity index (χ0n) is 17.1. The van der Waals surface area contributed by atoms with Crippen LogP contribution >= 0.6 is 23.2 Å². The summed E-state index contributed by atoms with van der Waals surface area (Å²) in [6, 6.07) is 21.2. The average Bonchev–Trinajstić information content (AvgIpc) is 2.78. The van der Waals surface area contributed by atoms with Gasteiger partial charge in [0.1, 0.15) is 0 Å². The number of benzene rings is 3. The van der Waals surface area contributed by atoms with Crippen LogP contribution in [0.4, 0.5) is 5.69 Å². The number of ether oxygens (including phenoxy) is 1. The van der Waals surface area contributed by atoms with Crippen molar-refractivity contribution in [2.75, 3.05) is 11.9 Å². The molecule has 1 amide bonds. The van der Waals surface area contributed by atoms with Gasteiger partial charge in [-0.15, -0.1) is 0 Å². The van der Waals surface area contributed by atoms with Crippen LogP contribution in [0.1, 0.15) is 15.9 Å². The van der Waals surface area contributed by atoms with Gasteiger partial charge in [-0.25, -0.2) is 9.78 Å². The summed E-state index contributed by atoms with van der Waals surface area (Å²) in [4.78, 5) is 29.8. The molecule has 0 saturated heterocycles. The van der Waals surface area contributed by atoms with Crippen molar-refractivity contribution in [3.8, 4) is 11.3 Å². The molecule has 7 heteroatoms. The monoisotopic (exact) mass is 464 g/mol. The fraction of sp³-hybridized carbons (Fsp3) is 0.0800. The molecule has 0 aliphatic heterocycles. The number of nitrogens with one attached hydrogen (secondary N) is 1. The summed E-state index contributed by atoms with van der Waals surface area (Å²) >= 11 is 12.3. The van der Waals surface area contributed by atoms with Crippen LogP contribution in [-0.4, -0.2) is 23.5 Å². The molecule has 0 fully saturated rings. The first-order valence-corrected chi connectivity index (χ1v) is 10.6. The molecular formula is C25H18Cl2N2O3. The number of pyridine rings is 1. The van der Waals surface area contributed by atoms with E-state index in [1.165, 1.54) is 0 Å². The number of nitrogens with zero attached hydrogens (tertiary/aromatic N) is 1. The number of aryl methyl sites for hydroxylation is 1. The SMILES string of the molecule is Cc1ccccc1NC(=O)COC(=O)c1cc(-c2ccc(Cl)cc2Cl)nc2ccccc12. The van der Waals surface area contributed by atoms with Crippen molar-refractivity contribution in [2.45, 2.75) is 6.92 Å². The molecule has 0 radical (unpaired) electrons. The van der Waals surface area contributed by atoms with Crippen LogP contribution < -0.4 is 5.32 Å². The minimum Gasteiger partial charge on any atom is -0.452 e. The first kappa shape index (κ1) is 21.8. The molecule has 1 aromatic heterocycles.